The van der Waals surface area contributed by atoms with Crippen molar-refractivity contribution in [2.24, 2.45) is 0 Å². The lowest BCUT2D eigenvalue weighted by atomic mass is 10.3. The highest BCUT2D eigenvalue weighted by molar-refractivity contribution is 9.10. The Morgan fingerprint density at radius 2 is 2.14 bits per heavy atom. The van der Waals surface area contributed by atoms with Gasteiger partial charge in [-0.3, -0.25) is 9.48 Å². The van der Waals surface area contributed by atoms with Crippen LogP contribution in [0.5, 0.6) is 0 Å². The summed E-state index contributed by atoms with van der Waals surface area (Å²) in [6.45, 7) is -0.275. The fraction of sp³-hybridized carbons (Fsp3) is 0.0833. The molecule has 0 spiro atoms. The fourth-order valence-electron chi connectivity index (χ4n) is 1.53. The molecule has 2 aromatic rings. The third-order valence-electron chi connectivity index (χ3n) is 2.36. The van der Waals surface area contributed by atoms with E-state index in [2.05, 4.69) is 31.7 Å². The van der Waals surface area contributed by atoms with E-state index < -0.39 is 12.0 Å². The molecule has 1 aromatic carbocycles. The van der Waals surface area contributed by atoms with Crippen LogP contribution in [-0.2, 0) is 11.3 Å². The molecule has 0 saturated heterocycles. The number of hydrogen-bond acceptors (Lipinski definition) is 3. The number of amides is 2. The zero-order chi connectivity index (χ0) is 15.4. The normalized spacial score (nSPS) is 10.2. The first-order valence-electron chi connectivity index (χ1n) is 5.71. The van der Waals surface area contributed by atoms with Crippen LogP contribution in [0.25, 0.3) is 0 Å². The van der Waals surface area contributed by atoms with Crippen molar-refractivity contribution >= 4 is 50.9 Å². The second-order valence-electron chi connectivity index (χ2n) is 4.02. The minimum absolute atomic E-state index is 0.275. The van der Waals surface area contributed by atoms with E-state index in [4.69, 9.17) is 16.7 Å². The zero-order valence-corrected chi connectivity index (χ0v) is 12.8. The van der Waals surface area contributed by atoms with Gasteiger partial charge in [-0.2, -0.15) is 5.10 Å². The highest BCUT2D eigenvalue weighted by atomic mass is 79.9. The molecule has 21 heavy (non-hydrogen) atoms. The minimum atomic E-state index is -1.02. The number of nitrogens with one attached hydrogen (secondary N) is 2. The Morgan fingerprint density at radius 1 is 1.38 bits per heavy atom. The van der Waals surface area contributed by atoms with Crippen molar-refractivity contribution in [1.82, 2.24) is 9.78 Å². The van der Waals surface area contributed by atoms with Gasteiger partial charge in [0.2, 0.25) is 0 Å². The Kier molecular flexibility index (Phi) is 4.81. The topological polar surface area (TPSA) is 96.2 Å². The predicted octanol–water partition coefficient (Wildman–Crippen LogP) is 3.03. The molecule has 3 N–H and O–H groups in total. The average molecular weight is 374 g/mol. The van der Waals surface area contributed by atoms with Gasteiger partial charge in [0.05, 0.1) is 17.6 Å². The van der Waals surface area contributed by atoms with E-state index in [-0.39, 0.29) is 6.54 Å². The van der Waals surface area contributed by atoms with Gasteiger partial charge in [-0.1, -0.05) is 11.6 Å². The highest BCUT2D eigenvalue weighted by Gasteiger charge is 2.08. The number of carboxylic acid groups (broad SMARTS) is 1. The zero-order valence-electron chi connectivity index (χ0n) is 10.5. The number of carbonyl (C=O) groups excluding carboxylic acids is 1. The largest absolute Gasteiger partial charge is 0.480 e. The fourth-order valence-corrected chi connectivity index (χ4v) is 2.05. The molecule has 1 heterocycles. The summed E-state index contributed by atoms with van der Waals surface area (Å²) in [4.78, 5) is 22.4. The van der Waals surface area contributed by atoms with Gasteiger partial charge in [0.25, 0.3) is 0 Å². The third-order valence-corrected chi connectivity index (χ3v) is 3.29. The lowest BCUT2D eigenvalue weighted by molar-refractivity contribution is -0.137. The molecule has 0 bridgehead atoms. The molecular weight excluding hydrogens is 364 g/mol. The quantitative estimate of drug-likeness (QED) is 0.767. The van der Waals surface area contributed by atoms with E-state index in [1.165, 1.54) is 17.1 Å². The molecule has 0 saturated carbocycles. The lowest BCUT2D eigenvalue weighted by Crippen LogP contribution is -2.19. The van der Waals surface area contributed by atoms with E-state index >= 15 is 0 Å². The number of aliphatic carboxylic acids is 1. The molecule has 2 amide bonds. The number of benzene rings is 1. The Bertz CT molecular complexity index is 689. The smallest absolute Gasteiger partial charge is 0.325 e. The van der Waals surface area contributed by atoms with Crippen LogP contribution in [0.1, 0.15) is 0 Å². The van der Waals surface area contributed by atoms with Crippen molar-refractivity contribution in [3.8, 4) is 0 Å². The first kappa shape index (κ1) is 15.3. The van der Waals surface area contributed by atoms with Crippen LogP contribution in [-0.4, -0.2) is 26.9 Å². The number of carboxylic acids is 1. The second kappa shape index (κ2) is 6.59. The maximum Gasteiger partial charge on any atom is 0.325 e. The van der Waals surface area contributed by atoms with Gasteiger partial charge in [-0.15, -0.1) is 0 Å². The molecule has 0 aliphatic heterocycles. The van der Waals surface area contributed by atoms with Crippen molar-refractivity contribution in [1.29, 1.82) is 0 Å². The predicted molar refractivity (Wildman–Crippen MR) is 81.7 cm³/mol. The van der Waals surface area contributed by atoms with Crippen LogP contribution in [0.2, 0.25) is 5.02 Å². The number of hydrogen-bond donors (Lipinski definition) is 3. The minimum Gasteiger partial charge on any atom is -0.480 e. The van der Waals surface area contributed by atoms with Crippen LogP contribution >= 0.6 is 27.5 Å². The van der Waals surface area contributed by atoms with Gasteiger partial charge >= 0.3 is 12.0 Å². The Balaban J connectivity index is 2.00. The highest BCUT2D eigenvalue weighted by Crippen LogP contribution is 2.25. The number of carbonyl (C=O) groups is 2. The number of rotatable bonds is 4. The van der Waals surface area contributed by atoms with Crippen LogP contribution < -0.4 is 10.6 Å². The summed E-state index contributed by atoms with van der Waals surface area (Å²) in [6, 6.07) is 4.50. The maximum absolute atomic E-state index is 11.8. The first-order chi connectivity index (χ1) is 9.94. The van der Waals surface area contributed by atoms with E-state index in [0.717, 1.165) is 0 Å². The van der Waals surface area contributed by atoms with Gasteiger partial charge in [-0.05, 0) is 34.1 Å². The summed E-state index contributed by atoms with van der Waals surface area (Å²) in [5.74, 6) is -1.02. The summed E-state index contributed by atoms with van der Waals surface area (Å²) in [5, 5.41) is 18.1. The van der Waals surface area contributed by atoms with E-state index in [1.807, 2.05) is 0 Å². The molecule has 0 aliphatic carbocycles. The Hall–Kier alpha value is -2.06. The Morgan fingerprint density at radius 3 is 2.86 bits per heavy atom. The van der Waals surface area contributed by atoms with Gasteiger partial charge in [0.1, 0.15) is 6.54 Å². The number of aromatic nitrogens is 2. The summed E-state index contributed by atoms with van der Waals surface area (Å²) in [6.07, 6.45) is 2.77. The summed E-state index contributed by atoms with van der Waals surface area (Å²) in [7, 11) is 0. The number of anilines is 2. The summed E-state index contributed by atoms with van der Waals surface area (Å²) >= 11 is 9.14. The van der Waals surface area contributed by atoms with Gasteiger partial charge in [-0.25, -0.2) is 4.79 Å². The van der Waals surface area contributed by atoms with Crippen molar-refractivity contribution in [3.05, 3.63) is 40.1 Å². The van der Waals surface area contributed by atoms with E-state index in [0.29, 0.717) is 20.9 Å². The van der Waals surface area contributed by atoms with Crippen molar-refractivity contribution in [3.63, 3.8) is 0 Å². The number of nitrogens with zero attached hydrogens (tertiary/aromatic N) is 2. The van der Waals surface area contributed by atoms with Crippen molar-refractivity contribution in [2.75, 3.05) is 10.6 Å². The molecule has 2 rings (SSSR count). The van der Waals surface area contributed by atoms with E-state index in [9.17, 15) is 9.59 Å². The van der Waals surface area contributed by atoms with Crippen molar-refractivity contribution in [2.45, 2.75) is 6.54 Å². The third kappa shape index (κ3) is 4.47. The molecule has 9 heteroatoms. The number of urea groups is 1. The monoisotopic (exact) mass is 372 g/mol. The Labute approximate surface area is 133 Å². The first-order valence-corrected chi connectivity index (χ1v) is 6.88. The van der Waals surface area contributed by atoms with Crippen LogP contribution in [0.3, 0.4) is 0 Å². The molecule has 0 fully saturated rings. The summed E-state index contributed by atoms with van der Waals surface area (Å²) in [5.41, 5.74) is 0.893. The average Bonchev–Trinajstić information content (AvgIpc) is 2.80. The molecule has 7 nitrogen and oxygen atoms in total. The van der Waals surface area contributed by atoms with Gasteiger partial charge in [0.15, 0.2) is 0 Å². The standard InChI is InChI=1S/C12H10BrClN4O3/c13-9-2-1-7(14)3-10(9)17-12(21)16-8-4-15-18(5-8)6-11(19)20/h1-5H,6H2,(H,19,20)(H2,16,17,21). The van der Waals surface area contributed by atoms with Gasteiger partial charge in [0, 0.05) is 15.7 Å². The second-order valence-corrected chi connectivity index (χ2v) is 5.31. The molecular formula is C12H10BrClN4O3. The molecule has 1 aromatic heterocycles. The molecule has 0 atom stereocenters. The number of halogens is 2. The van der Waals surface area contributed by atoms with Gasteiger partial charge < -0.3 is 15.7 Å². The summed E-state index contributed by atoms with van der Waals surface area (Å²) < 4.78 is 1.89. The molecule has 0 aliphatic rings. The lowest BCUT2D eigenvalue weighted by Gasteiger charge is -2.08. The maximum atomic E-state index is 11.8. The van der Waals surface area contributed by atoms with Crippen LogP contribution in [0, 0.1) is 0 Å². The van der Waals surface area contributed by atoms with Crippen LogP contribution in [0.15, 0.2) is 35.1 Å². The van der Waals surface area contributed by atoms with Crippen molar-refractivity contribution < 1.29 is 14.7 Å². The molecule has 110 valence electrons. The van der Waals surface area contributed by atoms with Crippen LogP contribution in [0.4, 0.5) is 16.2 Å². The molecule has 0 unspecified atom stereocenters. The molecule has 0 radical (unpaired) electrons. The van der Waals surface area contributed by atoms with E-state index in [1.54, 1.807) is 18.2 Å². The SMILES string of the molecule is O=C(O)Cn1cc(NC(=O)Nc2cc(Cl)ccc2Br)cn1.